The van der Waals surface area contributed by atoms with E-state index in [4.69, 9.17) is 23.2 Å². The first-order chi connectivity index (χ1) is 14.7. The van der Waals surface area contributed by atoms with E-state index in [1.54, 1.807) is 36.2 Å². The Bertz CT molecular complexity index is 1230. The van der Waals surface area contributed by atoms with Crippen molar-refractivity contribution in [2.24, 2.45) is 0 Å². The highest BCUT2D eigenvalue weighted by atomic mass is 35.5. The molecule has 2 amide bonds. The Morgan fingerprint density at radius 3 is 2.71 bits per heavy atom. The third-order valence-electron chi connectivity index (χ3n) is 5.28. The van der Waals surface area contributed by atoms with Crippen molar-refractivity contribution in [2.75, 3.05) is 17.3 Å². The van der Waals surface area contributed by atoms with Crippen molar-refractivity contribution >= 4 is 63.2 Å². The number of carbonyl (C=O) groups excluding carboxylic acids is 2. The highest BCUT2D eigenvalue weighted by molar-refractivity contribution is 7.14. The maximum Gasteiger partial charge on any atom is 0.250 e. The van der Waals surface area contributed by atoms with E-state index < -0.39 is 5.41 Å². The van der Waals surface area contributed by atoms with Gasteiger partial charge >= 0.3 is 0 Å². The van der Waals surface area contributed by atoms with Crippen LogP contribution in [0.1, 0.15) is 25.0 Å². The van der Waals surface area contributed by atoms with Gasteiger partial charge in [-0.2, -0.15) is 0 Å². The smallest absolute Gasteiger partial charge is 0.250 e. The number of aromatic nitrogens is 1. The molecule has 0 saturated heterocycles. The average Bonchev–Trinajstić information content (AvgIpc) is 3.25. The Balaban J connectivity index is 1.50. The summed E-state index contributed by atoms with van der Waals surface area (Å²) < 4.78 is 0. The highest BCUT2D eigenvalue weighted by Crippen LogP contribution is 2.42. The summed E-state index contributed by atoms with van der Waals surface area (Å²) in [5.41, 5.74) is 3.63. The summed E-state index contributed by atoms with van der Waals surface area (Å²) in [5.74, 6) is -0.243. The van der Waals surface area contributed by atoms with Gasteiger partial charge in [-0.25, -0.2) is 4.98 Å². The van der Waals surface area contributed by atoms with E-state index in [0.29, 0.717) is 20.7 Å². The predicted molar refractivity (Wildman–Crippen MR) is 128 cm³/mol. The van der Waals surface area contributed by atoms with Crippen molar-refractivity contribution in [3.05, 3.63) is 69.0 Å². The van der Waals surface area contributed by atoms with Gasteiger partial charge in [0, 0.05) is 39.8 Å². The van der Waals surface area contributed by atoms with Gasteiger partial charge in [0.05, 0.1) is 11.1 Å². The molecule has 1 N–H and O–H groups in total. The number of hydrogen-bond acceptors (Lipinski definition) is 4. The van der Waals surface area contributed by atoms with Crippen LogP contribution in [0.4, 0.5) is 10.8 Å². The molecule has 1 aromatic heterocycles. The number of halogens is 2. The van der Waals surface area contributed by atoms with E-state index in [1.807, 2.05) is 37.4 Å². The van der Waals surface area contributed by atoms with Crippen LogP contribution in [0.15, 0.2) is 47.9 Å². The monoisotopic (exact) mass is 471 g/mol. The summed E-state index contributed by atoms with van der Waals surface area (Å²) in [7, 11) is 1.79. The fraction of sp³-hybridized carbons (Fsp3) is 0.174. The Morgan fingerprint density at radius 2 is 1.97 bits per heavy atom. The van der Waals surface area contributed by atoms with Crippen LogP contribution in [0.5, 0.6) is 0 Å². The molecule has 1 aliphatic heterocycles. The van der Waals surface area contributed by atoms with Gasteiger partial charge < -0.3 is 4.90 Å². The van der Waals surface area contributed by atoms with Crippen molar-refractivity contribution in [1.82, 2.24) is 4.98 Å². The molecule has 0 bridgehead atoms. The molecule has 0 spiro atoms. The number of likely N-dealkylation sites (N-methyl/N-ethyl adjacent to an activating group) is 1. The number of anilines is 2. The number of carbonyl (C=O) groups is 2. The summed E-state index contributed by atoms with van der Waals surface area (Å²) in [6.07, 6.45) is 3.02. The number of hydrogen-bond donors (Lipinski definition) is 1. The maximum atomic E-state index is 12.5. The first kappa shape index (κ1) is 21.6. The minimum absolute atomic E-state index is 0.0680. The topological polar surface area (TPSA) is 62.3 Å². The van der Waals surface area contributed by atoms with Gasteiger partial charge in [-0.05, 0) is 55.3 Å². The van der Waals surface area contributed by atoms with Crippen LogP contribution >= 0.6 is 34.5 Å². The average molecular weight is 472 g/mol. The molecule has 2 aromatic carbocycles. The molecule has 5 nitrogen and oxygen atoms in total. The zero-order valence-corrected chi connectivity index (χ0v) is 19.4. The zero-order valence-electron chi connectivity index (χ0n) is 17.1. The van der Waals surface area contributed by atoms with Crippen molar-refractivity contribution in [1.29, 1.82) is 0 Å². The van der Waals surface area contributed by atoms with Gasteiger partial charge in [0.25, 0.3) is 0 Å². The molecule has 0 unspecified atom stereocenters. The molecule has 31 heavy (non-hydrogen) atoms. The van der Waals surface area contributed by atoms with Gasteiger partial charge in [0.2, 0.25) is 11.8 Å². The third-order valence-corrected chi connectivity index (χ3v) is 6.60. The first-order valence-corrected chi connectivity index (χ1v) is 11.1. The summed E-state index contributed by atoms with van der Waals surface area (Å²) in [6, 6.07) is 11.0. The molecule has 2 heterocycles. The van der Waals surface area contributed by atoms with Crippen molar-refractivity contribution in [3.63, 3.8) is 0 Å². The molecule has 3 aromatic rings. The second-order valence-corrected chi connectivity index (χ2v) is 9.45. The fourth-order valence-corrected chi connectivity index (χ4v) is 4.74. The molecule has 158 valence electrons. The second-order valence-electron chi connectivity index (χ2n) is 7.75. The Labute approximate surface area is 194 Å². The standard InChI is InChI=1S/C23H19Cl2N3O2S/c1-23(2)16-10-14(5-8-19(16)28(3)21(23)30)18-12-31-22(26-18)27-20(29)9-6-13-4-7-15(24)11-17(13)25/h4-12H,1-3H3,(H,26,27,29)/b9-6+. The zero-order chi connectivity index (χ0) is 22.3. The number of amides is 2. The Morgan fingerprint density at radius 1 is 1.19 bits per heavy atom. The molecule has 4 rings (SSSR count). The molecule has 0 fully saturated rings. The lowest BCUT2D eigenvalue weighted by Gasteiger charge is -2.16. The first-order valence-electron chi connectivity index (χ1n) is 9.49. The minimum Gasteiger partial charge on any atom is -0.314 e. The van der Waals surface area contributed by atoms with Gasteiger partial charge in [-0.3, -0.25) is 14.9 Å². The molecule has 0 saturated carbocycles. The fourth-order valence-electron chi connectivity index (χ4n) is 3.55. The van der Waals surface area contributed by atoms with Crippen LogP contribution in [0.3, 0.4) is 0 Å². The molecule has 0 atom stereocenters. The quantitative estimate of drug-likeness (QED) is 0.472. The molecule has 0 radical (unpaired) electrons. The number of rotatable bonds is 4. The van der Waals surface area contributed by atoms with Crippen molar-refractivity contribution in [3.8, 4) is 11.3 Å². The normalized spacial score (nSPS) is 14.9. The number of thiazole rings is 1. The SMILES string of the molecule is CN1C(=O)C(C)(C)c2cc(-c3csc(NC(=O)/C=C/c4ccc(Cl)cc4Cl)n3)ccc21. The van der Waals surface area contributed by atoms with E-state index in [0.717, 1.165) is 22.5 Å². The third kappa shape index (κ3) is 4.11. The largest absolute Gasteiger partial charge is 0.314 e. The van der Waals surface area contributed by atoms with Crippen LogP contribution in [0.25, 0.3) is 17.3 Å². The minimum atomic E-state index is -0.582. The number of benzene rings is 2. The number of nitrogens with one attached hydrogen (secondary N) is 1. The van der Waals surface area contributed by atoms with Crippen molar-refractivity contribution < 1.29 is 9.59 Å². The van der Waals surface area contributed by atoms with Gasteiger partial charge in [0.1, 0.15) is 0 Å². The predicted octanol–water partition coefficient (Wildman–Crippen LogP) is 6.02. The van der Waals surface area contributed by atoms with E-state index in [1.165, 1.54) is 17.4 Å². The van der Waals surface area contributed by atoms with Crippen LogP contribution in [-0.4, -0.2) is 23.8 Å². The molecule has 1 aliphatic rings. The van der Waals surface area contributed by atoms with E-state index in [-0.39, 0.29) is 11.8 Å². The van der Waals surface area contributed by atoms with Crippen LogP contribution in [0.2, 0.25) is 10.0 Å². The number of fused-ring (bicyclic) bond motifs is 1. The van der Waals surface area contributed by atoms with E-state index in [2.05, 4.69) is 10.3 Å². The summed E-state index contributed by atoms with van der Waals surface area (Å²) >= 11 is 13.3. The Kier molecular flexibility index (Phi) is 5.64. The lowest BCUT2D eigenvalue weighted by molar-refractivity contribution is -0.121. The summed E-state index contributed by atoms with van der Waals surface area (Å²) in [5, 5.41) is 6.14. The molecule has 8 heteroatoms. The Hall–Kier alpha value is -2.67. The number of nitrogens with zero attached hydrogens (tertiary/aromatic N) is 2. The van der Waals surface area contributed by atoms with E-state index >= 15 is 0 Å². The van der Waals surface area contributed by atoms with E-state index in [9.17, 15) is 9.59 Å². The summed E-state index contributed by atoms with van der Waals surface area (Å²) in [4.78, 5) is 31.0. The van der Waals surface area contributed by atoms with Crippen molar-refractivity contribution in [2.45, 2.75) is 19.3 Å². The van der Waals surface area contributed by atoms with Crippen LogP contribution < -0.4 is 10.2 Å². The van der Waals surface area contributed by atoms with Gasteiger partial charge in [-0.1, -0.05) is 35.3 Å². The van der Waals surface area contributed by atoms with Crippen LogP contribution in [-0.2, 0) is 15.0 Å². The molecular weight excluding hydrogens is 453 g/mol. The van der Waals surface area contributed by atoms with Gasteiger partial charge in [-0.15, -0.1) is 11.3 Å². The van der Waals surface area contributed by atoms with Crippen LogP contribution in [0, 0.1) is 0 Å². The maximum absolute atomic E-state index is 12.5. The van der Waals surface area contributed by atoms with Gasteiger partial charge in [0.15, 0.2) is 5.13 Å². The molecule has 0 aliphatic carbocycles. The lowest BCUT2D eigenvalue weighted by Crippen LogP contribution is -2.33. The highest BCUT2D eigenvalue weighted by Gasteiger charge is 2.42. The second kappa shape index (κ2) is 8.11. The molecular formula is C23H19Cl2N3O2S. The summed E-state index contributed by atoms with van der Waals surface area (Å²) in [6.45, 7) is 3.85. The lowest BCUT2D eigenvalue weighted by atomic mass is 9.85.